The molecule has 0 bridgehead atoms. The van der Waals surface area contributed by atoms with Crippen molar-refractivity contribution in [3.63, 3.8) is 0 Å². The van der Waals surface area contributed by atoms with Crippen LogP contribution in [0, 0.1) is 13.8 Å². The largest absolute Gasteiger partial charge is 0.492 e. The van der Waals surface area contributed by atoms with E-state index in [2.05, 4.69) is 5.32 Å². The fourth-order valence-electron chi connectivity index (χ4n) is 2.39. The highest BCUT2D eigenvalue weighted by Crippen LogP contribution is 2.26. The molecule has 4 nitrogen and oxygen atoms in total. The number of aryl methyl sites for hydroxylation is 1. The van der Waals surface area contributed by atoms with Crippen LogP contribution in [-0.2, 0) is 4.79 Å². The average molecular weight is 327 g/mol. The molecular weight excluding hydrogens is 302 g/mol. The second-order valence-corrected chi connectivity index (χ2v) is 5.63. The maximum atomic E-state index is 12.6. The molecule has 2 aromatic rings. The van der Waals surface area contributed by atoms with Gasteiger partial charge in [0.25, 0.3) is 5.91 Å². The Kier molecular flexibility index (Phi) is 6.24. The van der Waals surface area contributed by atoms with E-state index in [0.29, 0.717) is 24.5 Å². The molecule has 0 unspecified atom stereocenters. The monoisotopic (exact) mass is 327 g/mol. The molecule has 0 fully saturated rings. The molecule has 1 atom stereocenters. The van der Waals surface area contributed by atoms with Gasteiger partial charge in [-0.2, -0.15) is 0 Å². The van der Waals surface area contributed by atoms with Gasteiger partial charge in [-0.1, -0.05) is 31.2 Å². The molecule has 1 amide bonds. The van der Waals surface area contributed by atoms with Crippen LogP contribution >= 0.6 is 0 Å². The van der Waals surface area contributed by atoms with Gasteiger partial charge in [-0.15, -0.1) is 0 Å². The van der Waals surface area contributed by atoms with E-state index in [1.54, 1.807) is 0 Å². The van der Waals surface area contributed by atoms with Crippen molar-refractivity contribution in [2.45, 2.75) is 40.2 Å². The second-order valence-electron chi connectivity index (χ2n) is 5.63. The van der Waals surface area contributed by atoms with E-state index in [4.69, 9.17) is 9.47 Å². The number of ether oxygens (including phenoxy) is 2. The molecule has 0 heterocycles. The van der Waals surface area contributed by atoms with Crippen LogP contribution in [0.4, 0.5) is 5.69 Å². The first-order valence-electron chi connectivity index (χ1n) is 8.32. The molecule has 0 saturated heterocycles. The maximum Gasteiger partial charge on any atom is 0.265 e. The van der Waals surface area contributed by atoms with E-state index in [1.165, 1.54) is 0 Å². The van der Waals surface area contributed by atoms with Gasteiger partial charge in [0.1, 0.15) is 11.5 Å². The standard InChI is InChI=1S/C20H25NO3/c1-5-17(24-18-13-9-10-14(3)15(18)4)20(22)21-16-11-7-8-12-19(16)23-6-2/h7-13,17H,5-6H2,1-4H3,(H,21,22)/t17-/m1/s1. The van der Waals surface area contributed by atoms with E-state index < -0.39 is 6.10 Å². The first-order valence-corrected chi connectivity index (χ1v) is 8.32. The summed E-state index contributed by atoms with van der Waals surface area (Å²) in [5, 5.41) is 2.91. The van der Waals surface area contributed by atoms with Crippen molar-refractivity contribution in [2.75, 3.05) is 11.9 Å². The van der Waals surface area contributed by atoms with Crippen molar-refractivity contribution >= 4 is 11.6 Å². The van der Waals surface area contributed by atoms with E-state index in [-0.39, 0.29) is 5.91 Å². The Morgan fingerprint density at radius 1 is 1.04 bits per heavy atom. The molecule has 128 valence electrons. The van der Waals surface area contributed by atoms with Crippen molar-refractivity contribution in [1.29, 1.82) is 0 Å². The molecule has 0 saturated carbocycles. The molecule has 0 radical (unpaired) electrons. The van der Waals surface area contributed by atoms with Crippen LogP contribution < -0.4 is 14.8 Å². The van der Waals surface area contributed by atoms with Crippen molar-refractivity contribution in [2.24, 2.45) is 0 Å². The van der Waals surface area contributed by atoms with Crippen LogP contribution in [0.5, 0.6) is 11.5 Å². The van der Waals surface area contributed by atoms with Gasteiger partial charge in [0.2, 0.25) is 0 Å². The summed E-state index contributed by atoms with van der Waals surface area (Å²) in [6.07, 6.45) is 0.0240. The molecule has 0 aliphatic carbocycles. The number of nitrogens with one attached hydrogen (secondary N) is 1. The minimum absolute atomic E-state index is 0.175. The number of para-hydroxylation sites is 2. The van der Waals surface area contributed by atoms with Crippen LogP contribution in [0.3, 0.4) is 0 Å². The number of benzene rings is 2. The summed E-state index contributed by atoms with van der Waals surface area (Å²) in [6, 6.07) is 13.3. The number of anilines is 1. The van der Waals surface area contributed by atoms with Crippen LogP contribution in [-0.4, -0.2) is 18.6 Å². The highest BCUT2D eigenvalue weighted by Gasteiger charge is 2.20. The van der Waals surface area contributed by atoms with Gasteiger partial charge in [-0.3, -0.25) is 4.79 Å². The molecule has 0 aliphatic heterocycles. The SMILES string of the molecule is CCOc1ccccc1NC(=O)[C@@H](CC)Oc1cccc(C)c1C. The summed E-state index contributed by atoms with van der Waals surface area (Å²) in [4.78, 5) is 12.6. The normalized spacial score (nSPS) is 11.7. The van der Waals surface area contributed by atoms with E-state index in [1.807, 2.05) is 70.2 Å². The third-order valence-corrected chi connectivity index (χ3v) is 3.93. The van der Waals surface area contributed by atoms with Gasteiger partial charge >= 0.3 is 0 Å². The minimum Gasteiger partial charge on any atom is -0.492 e. The molecule has 0 aliphatic rings. The van der Waals surface area contributed by atoms with Gasteiger partial charge < -0.3 is 14.8 Å². The maximum absolute atomic E-state index is 12.6. The Morgan fingerprint density at radius 3 is 2.46 bits per heavy atom. The summed E-state index contributed by atoms with van der Waals surface area (Å²) in [7, 11) is 0. The zero-order chi connectivity index (χ0) is 17.5. The van der Waals surface area contributed by atoms with Crippen molar-refractivity contribution in [3.05, 3.63) is 53.6 Å². The number of hydrogen-bond acceptors (Lipinski definition) is 3. The Hall–Kier alpha value is -2.49. The van der Waals surface area contributed by atoms with Gasteiger partial charge in [-0.25, -0.2) is 0 Å². The van der Waals surface area contributed by atoms with Crippen LogP contribution in [0.2, 0.25) is 0 Å². The van der Waals surface area contributed by atoms with Crippen molar-refractivity contribution in [1.82, 2.24) is 0 Å². The van der Waals surface area contributed by atoms with Crippen molar-refractivity contribution < 1.29 is 14.3 Å². The summed E-state index contributed by atoms with van der Waals surface area (Å²) in [6.45, 7) is 8.42. The molecule has 0 aromatic heterocycles. The zero-order valence-electron chi connectivity index (χ0n) is 14.8. The first-order chi connectivity index (χ1) is 11.6. The number of rotatable bonds is 7. The average Bonchev–Trinajstić information content (AvgIpc) is 2.58. The van der Waals surface area contributed by atoms with Crippen molar-refractivity contribution in [3.8, 4) is 11.5 Å². The summed E-state index contributed by atoms with van der Waals surface area (Å²) in [5.41, 5.74) is 2.86. The predicted octanol–water partition coefficient (Wildman–Crippen LogP) is 4.50. The predicted molar refractivity (Wildman–Crippen MR) is 96.9 cm³/mol. The highest BCUT2D eigenvalue weighted by atomic mass is 16.5. The highest BCUT2D eigenvalue weighted by molar-refractivity contribution is 5.95. The molecular formula is C20H25NO3. The smallest absolute Gasteiger partial charge is 0.265 e. The molecule has 1 N–H and O–H groups in total. The molecule has 24 heavy (non-hydrogen) atoms. The summed E-state index contributed by atoms with van der Waals surface area (Å²) < 4.78 is 11.5. The number of amides is 1. The fourth-order valence-corrected chi connectivity index (χ4v) is 2.39. The van der Waals surface area contributed by atoms with Gasteiger partial charge in [0.05, 0.1) is 12.3 Å². The first kappa shape index (κ1) is 17.9. The molecule has 4 heteroatoms. The zero-order valence-corrected chi connectivity index (χ0v) is 14.8. The van der Waals surface area contributed by atoms with Gasteiger partial charge in [-0.05, 0) is 56.5 Å². The number of carbonyl (C=O) groups is 1. The lowest BCUT2D eigenvalue weighted by Gasteiger charge is -2.20. The molecule has 0 spiro atoms. The van der Waals surface area contributed by atoms with Crippen LogP contribution in [0.25, 0.3) is 0 Å². The molecule has 2 aromatic carbocycles. The Bertz CT molecular complexity index is 697. The van der Waals surface area contributed by atoms with E-state index in [0.717, 1.165) is 16.9 Å². The number of hydrogen-bond donors (Lipinski definition) is 1. The molecule has 2 rings (SSSR count). The lowest BCUT2D eigenvalue weighted by molar-refractivity contribution is -0.122. The van der Waals surface area contributed by atoms with E-state index in [9.17, 15) is 4.79 Å². The van der Waals surface area contributed by atoms with Crippen LogP contribution in [0.15, 0.2) is 42.5 Å². The minimum atomic E-state index is -0.555. The van der Waals surface area contributed by atoms with E-state index >= 15 is 0 Å². The summed E-state index contributed by atoms with van der Waals surface area (Å²) in [5.74, 6) is 1.23. The Morgan fingerprint density at radius 2 is 1.75 bits per heavy atom. The number of carbonyl (C=O) groups excluding carboxylic acids is 1. The quantitative estimate of drug-likeness (QED) is 0.814. The Labute approximate surface area is 143 Å². The lowest BCUT2D eigenvalue weighted by Crippen LogP contribution is -2.32. The third-order valence-electron chi connectivity index (χ3n) is 3.93. The fraction of sp³-hybridized carbons (Fsp3) is 0.350. The Balaban J connectivity index is 2.13. The lowest BCUT2D eigenvalue weighted by atomic mass is 10.1. The third kappa shape index (κ3) is 4.28. The van der Waals surface area contributed by atoms with Gasteiger partial charge in [0, 0.05) is 0 Å². The second kappa shape index (κ2) is 8.39. The van der Waals surface area contributed by atoms with Gasteiger partial charge in [0.15, 0.2) is 6.10 Å². The van der Waals surface area contributed by atoms with Crippen LogP contribution in [0.1, 0.15) is 31.4 Å². The topological polar surface area (TPSA) is 47.6 Å². The summed E-state index contributed by atoms with van der Waals surface area (Å²) >= 11 is 0.